The lowest BCUT2D eigenvalue weighted by Crippen LogP contribution is -2.16. The molecule has 340 valence electrons. The first kappa shape index (κ1) is 41.8. The summed E-state index contributed by atoms with van der Waals surface area (Å²) in [6, 6.07) is 96.1. The van der Waals surface area contributed by atoms with Gasteiger partial charge in [-0.1, -0.05) is 178 Å². The number of fused-ring (bicyclic) bond motifs is 9. The van der Waals surface area contributed by atoms with Crippen LogP contribution < -0.4 is 4.90 Å². The van der Waals surface area contributed by atoms with E-state index in [9.17, 15) is 0 Å². The average Bonchev–Trinajstić information content (AvgIpc) is 4.05. The second kappa shape index (κ2) is 16.5. The van der Waals surface area contributed by atoms with Crippen molar-refractivity contribution in [1.29, 1.82) is 0 Å². The Hall–Kier alpha value is -9.18. The van der Waals surface area contributed by atoms with Gasteiger partial charge in [-0.2, -0.15) is 0 Å². The molecule has 0 unspecified atom stereocenters. The first-order chi connectivity index (χ1) is 35.5. The zero-order chi connectivity index (χ0) is 47.9. The van der Waals surface area contributed by atoms with Crippen molar-refractivity contribution in [3.05, 3.63) is 272 Å². The number of para-hydroxylation sites is 6. The summed E-state index contributed by atoms with van der Waals surface area (Å²) in [6.07, 6.45) is 0. The summed E-state index contributed by atoms with van der Waals surface area (Å²) < 4.78 is 4.87. The molecule has 0 spiro atoms. The van der Waals surface area contributed by atoms with E-state index in [-0.39, 0.29) is 5.41 Å². The largest absolute Gasteiger partial charge is 0.310 e. The molecule has 0 saturated carbocycles. The maximum absolute atomic E-state index is 2.45. The van der Waals surface area contributed by atoms with Crippen LogP contribution in [0.25, 0.3) is 99.5 Å². The average molecular weight is 920 g/mol. The molecule has 11 aromatic carbocycles. The highest BCUT2D eigenvalue weighted by atomic mass is 15.1. The van der Waals surface area contributed by atoms with Gasteiger partial charge in [0.15, 0.2) is 0 Å². The van der Waals surface area contributed by atoms with Crippen LogP contribution in [0.15, 0.2) is 261 Å². The van der Waals surface area contributed by atoms with E-state index in [1.54, 1.807) is 0 Å². The van der Waals surface area contributed by atoms with Gasteiger partial charge in [0, 0.05) is 61.0 Å². The van der Waals surface area contributed by atoms with Crippen molar-refractivity contribution in [3.8, 4) is 55.9 Å². The topological polar surface area (TPSA) is 13.1 Å². The molecule has 72 heavy (non-hydrogen) atoms. The number of nitrogens with zero attached hydrogens (tertiary/aromatic N) is 3. The smallest absolute Gasteiger partial charge is 0.0619 e. The number of anilines is 3. The second-order valence-corrected chi connectivity index (χ2v) is 19.7. The standard InChI is InChI=1S/C69H49N3/c1-69(2)62-35-15-12-29-57(62)58-40-39-54(45-63(58)69)70(50-22-6-3-7-23-50)53-28-18-21-46(44-53)47-41-48(55-32-20-38-66-67(55)61-31-14-17-37-65(61)71(66)51-24-8-4-9-25-51)43-49(42-47)56-33-19-34-60-59-30-13-16-36-64(59)72(68(56)60)52-26-10-5-11-27-52/h3-45H,1-2H3. The van der Waals surface area contributed by atoms with Crippen LogP contribution in [-0.4, -0.2) is 9.13 Å². The number of hydrogen-bond donors (Lipinski definition) is 0. The Morgan fingerprint density at radius 3 is 1.60 bits per heavy atom. The highest BCUT2D eigenvalue weighted by Gasteiger charge is 2.36. The lowest BCUT2D eigenvalue weighted by molar-refractivity contribution is 0.660. The number of hydrogen-bond acceptors (Lipinski definition) is 1. The summed E-state index contributed by atoms with van der Waals surface area (Å²) in [5.74, 6) is 0. The van der Waals surface area contributed by atoms with Crippen LogP contribution in [-0.2, 0) is 5.41 Å². The van der Waals surface area contributed by atoms with Crippen molar-refractivity contribution in [3.63, 3.8) is 0 Å². The van der Waals surface area contributed by atoms with Gasteiger partial charge >= 0.3 is 0 Å². The molecule has 0 saturated heterocycles. The Labute approximate surface area is 419 Å². The van der Waals surface area contributed by atoms with Crippen molar-refractivity contribution in [2.75, 3.05) is 4.90 Å². The molecule has 1 aliphatic rings. The lowest BCUT2D eigenvalue weighted by Gasteiger charge is -2.28. The summed E-state index contributed by atoms with van der Waals surface area (Å²) in [5.41, 5.74) is 22.6. The van der Waals surface area contributed by atoms with Crippen molar-refractivity contribution >= 4 is 60.7 Å². The zero-order valence-corrected chi connectivity index (χ0v) is 40.2. The van der Waals surface area contributed by atoms with Crippen molar-refractivity contribution in [2.24, 2.45) is 0 Å². The third kappa shape index (κ3) is 6.51. The molecular formula is C69H49N3. The molecule has 0 radical (unpaired) electrons. The highest BCUT2D eigenvalue weighted by molar-refractivity contribution is 6.17. The van der Waals surface area contributed by atoms with E-state index in [0.29, 0.717) is 0 Å². The third-order valence-corrected chi connectivity index (χ3v) is 15.3. The highest BCUT2D eigenvalue weighted by Crippen LogP contribution is 2.51. The molecule has 0 amide bonds. The zero-order valence-electron chi connectivity index (χ0n) is 40.2. The summed E-state index contributed by atoms with van der Waals surface area (Å²) in [5, 5.41) is 4.93. The Morgan fingerprint density at radius 1 is 0.306 bits per heavy atom. The maximum Gasteiger partial charge on any atom is 0.0619 e. The fourth-order valence-corrected chi connectivity index (χ4v) is 12.0. The van der Waals surface area contributed by atoms with Gasteiger partial charge in [0.25, 0.3) is 0 Å². The molecule has 14 rings (SSSR count). The lowest BCUT2D eigenvalue weighted by atomic mass is 9.82. The van der Waals surface area contributed by atoms with Gasteiger partial charge in [0.1, 0.15) is 0 Å². The van der Waals surface area contributed by atoms with Crippen molar-refractivity contribution in [1.82, 2.24) is 9.13 Å². The van der Waals surface area contributed by atoms with Gasteiger partial charge in [0.2, 0.25) is 0 Å². The minimum Gasteiger partial charge on any atom is -0.310 e. The molecule has 0 atom stereocenters. The summed E-state index contributed by atoms with van der Waals surface area (Å²) >= 11 is 0. The predicted octanol–water partition coefficient (Wildman–Crippen LogP) is 18.7. The summed E-state index contributed by atoms with van der Waals surface area (Å²) in [7, 11) is 0. The van der Waals surface area contributed by atoms with Crippen LogP contribution in [0.1, 0.15) is 25.0 Å². The van der Waals surface area contributed by atoms with Crippen LogP contribution in [0.5, 0.6) is 0 Å². The van der Waals surface area contributed by atoms with Crippen LogP contribution in [0, 0.1) is 0 Å². The van der Waals surface area contributed by atoms with Gasteiger partial charge in [-0.25, -0.2) is 0 Å². The van der Waals surface area contributed by atoms with Gasteiger partial charge in [0.05, 0.1) is 22.1 Å². The molecule has 0 N–H and O–H groups in total. The Morgan fingerprint density at radius 2 is 0.819 bits per heavy atom. The van der Waals surface area contributed by atoms with Gasteiger partial charge in [-0.05, 0) is 147 Å². The van der Waals surface area contributed by atoms with Crippen LogP contribution >= 0.6 is 0 Å². The molecule has 2 aromatic heterocycles. The quantitative estimate of drug-likeness (QED) is 0.148. The van der Waals surface area contributed by atoms with E-state index >= 15 is 0 Å². The van der Waals surface area contributed by atoms with Crippen molar-refractivity contribution < 1.29 is 0 Å². The van der Waals surface area contributed by atoms with E-state index in [2.05, 4.69) is 289 Å². The molecule has 3 heteroatoms. The van der Waals surface area contributed by atoms with E-state index in [4.69, 9.17) is 0 Å². The first-order valence-corrected chi connectivity index (χ1v) is 25.0. The molecule has 3 nitrogen and oxygen atoms in total. The van der Waals surface area contributed by atoms with Crippen LogP contribution in [0.3, 0.4) is 0 Å². The monoisotopic (exact) mass is 919 g/mol. The molecule has 0 bridgehead atoms. The van der Waals surface area contributed by atoms with Crippen LogP contribution in [0.2, 0.25) is 0 Å². The van der Waals surface area contributed by atoms with Crippen LogP contribution in [0.4, 0.5) is 17.1 Å². The Kier molecular flexibility index (Phi) is 9.56. The molecule has 2 heterocycles. The second-order valence-electron chi connectivity index (χ2n) is 19.7. The summed E-state index contributed by atoms with van der Waals surface area (Å²) in [4.78, 5) is 2.42. The molecule has 0 fully saturated rings. The number of benzene rings is 11. The Balaban J connectivity index is 1.01. The number of aromatic nitrogens is 2. The van der Waals surface area contributed by atoms with Gasteiger partial charge in [-0.3, -0.25) is 0 Å². The maximum atomic E-state index is 2.45. The van der Waals surface area contributed by atoms with E-state index < -0.39 is 0 Å². The molecular weight excluding hydrogens is 871 g/mol. The molecule has 13 aromatic rings. The van der Waals surface area contributed by atoms with Gasteiger partial charge < -0.3 is 14.0 Å². The summed E-state index contributed by atoms with van der Waals surface area (Å²) in [6.45, 7) is 4.72. The predicted molar refractivity (Wildman–Crippen MR) is 304 cm³/mol. The fourth-order valence-electron chi connectivity index (χ4n) is 12.0. The normalized spacial score (nSPS) is 12.7. The SMILES string of the molecule is CC1(C)c2ccccc2-c2ccc(N(c3ccccc3)c3cccc(-c4cc(-c5cccc6c5c5ccccc5n6-c5ccccc5)cc(-c5cccc6c7ccccc7n(-c7ccccc7)c56)c4)c3)cc21. The number of rotatable bonds is 8. The Bertz CT molecular complexity index is 4230. The minimum atomic E-state index is -0.131. The van der Waals surface area contributed by atoms with E-state index in [1.807, 2.05) is 0 Å². The first-order valence-electron chi connectivity index (χ1n) is 25.0. The molecule has 1 aliphatic carbocycles. The van der Waals surface area contributed by atoms with Crippen molar-refractivity contribution in [2.45, 2.75) is 19.3 Å². The van der Waals surface area contributed by atoms with Gasteiger partial charge in [-0.15, -0.1) is 0 Å². The minimum absolute atomic E-state index is 0.131. The van der Waals surface area contributed by atoms with E-state index in [0.717, 1.165) is 50.7 Å². The van der Waals surface area contributed by atoms with E-state index in [1.165, 1.54) is 77.0 Å². The third-order valence-electron chi connectivity index (χ3n) is 15.3. The fraction of sp³-hybridized carbons (Fsp3) is 0.0435. The molecule has 0 aliphatic heterocycles.